The second kappa shape index (κ2) is 6.69. The summed E-state index contributed by atoms with van der Waals surface area (Å²) in [6.45, 7) is 6.48. The fraction of sp³-hybridized carbons (Fsp3) is 0.769. The van der Waals surface area contributed by atoms with Gasteiger partial charge in [0.2, 0.25) is 17.8 Å². The summed E-state index contributed by atoms with van der Waals surface area (Å²) in [5.41, 5.74) is -0.00650. The summed E-state index contributed by atoms with van der Waals surface area (Å²) in [6.07, 6.45) is 0.640. The molecule has 1 heterocycles. The number of aliphatic hydroxyl groups excluding tert-OH is 1. The Balaban J connectivity index is 3.02. The summed E-state index contributed by atoms with van der Waals surface area (Å²) in [5, 5.41) is 15.4. The number of rotatable bonds is 6. The third-order valence-corrected chi connectivity index (χ3v) is 3.01. The van der Waals surface area contributed by atoms with Crippen LogP contribution in [0.4, 0.5) is 17.8 Å². The Labute approximate surface area is 120 Å². The number of nitrogens with zero attached hydrogens (tertiary/aromatic N) is 4. The van der Waals surface area contributed by atoms with Crippen molar-refractivity contribution in [1.82, 2.24) is 15.0 Å². The van der Waals surface area contributed by atoms with Gasteiger partial charge in [-0.15, -0.1) is 0 Å². The Hall–Kier alpha value is -1.63. The highest BCUT2D eigenvalue weighted by atomic mass is 16.3. The van der Waals surface area contributed by atoms with Crippen molar-refractivity contribution in [2.75, 3.05) is 43.3 Å². The summed E-state index contributed by atoms with van der Waals surface area (Å²) in [7, 11) is 5.54. The van der Waals surface area contributed by atoms with Gasteiger partial charge in [0.05, 0.1) is 0 Å². The molecule has 0 aliphatic carbocycles. The molecule has 0 radical (unpaired) electrons. The molecular weight excluding hydrogens is 256 g/mol. The van der Waals surface area contributed by atoms with Gasteiger partial charge in [0.1, 0.15) is 0 Å². The van der Waals surface area contributed by atoms with Gasteiger partial charge in [-0.05, 0) is 11.8 Å². The van der Waals surface area contributed by atoms with Crippen molar-refractivity contribution in [1.29, 1.82) is 0 Å². The molecule has 1 aromatic heterocycles. The van der Waals surface area contributed by atoms with Crippen LogP contribution in [0.1, 0.15) is 27.2 Å². The molecule has 0 aliphatic rings. The summed E-state index contributed by atoms with van der Waals surface area (Å²) < 4.78 is 0. The molecule has 1 unspecified atom stereocenters. The first-order valence-electron chi connectivity index (χ1n) is 6.76. The lowest BCUT2D eigenvalue weighted by Gasteiger charge is -2.31. The van der Waals surface area contributed by atoms with Gasteiger partial charge in [0, 0.05) is 33.8 Å². The van der Waals surface area contributed by atoms with Gasteiger partial charge < -0.3 is 20.6 Å². The lowest BCUT2D eigenvalue weighted by molar-refractivity contribution is 0.235. The predicted molar refractivity (Wildman–Crippen MR) is 82.3 cm³/mol. The molecule has 0 saturated heterocycles. The highest BCUT2D eigenvalue weighted by Gasteiger charge is 2.25. The van der Waals surface area contributed by atoms with E-state index in [0.717, 1.165) is 0 Å². The van der Waals surface area contributed by atoms with E-state index in [-0.39, 0.29) is 18.1 Å². The molecule has 114 valence electrons. The van der Waals surface area contributed by atoms with Gasteiger partial charge in [-0.25, -0.2) is 0 Å². The molecular formula is C13H26N6O. The Morgan fingerprint density at radius 1 is 1.15 bits per heavy atom. The second-order valence-corrected chi connectivity index (χ2v) is 6.00. The first-order valence-corrected chi connectivity index (χ1v) is 6.76. The Morgan fingerprint density at radius 3 is 2.20 bits per heavy atom. The van der Waals surface area contributed by atoms with E-state index in [2.05, 4.69) is 46.4 Å². The summed E-state index contributed by atoms with van der Waals surface area (Å²) in [4.78, 5) is 14.8. The van der Waals surface area contributed by atoms with Crippen molar-refractivity contribution in [3.8, 4) is 0 Å². The topological polar surface area (TPSA) is 86.2 Å². The molecule has 7 nitrogen and oxygen atoms in total. The average Bonchev–Trinajstić information content (AvgIpc) is 2.36. The van der Waals surface area contributed by atoms with E-state index in [4.69, 9.17) is 0 Å². The van der Waals surface area contributed by atoms with Crippen LogP contribution in [-0.2, 0) is 0 Å². The molecule has 3 N–H and O–H groups in total. The molecule has 0 fully saturated rings. The zero-order chi connectivity index (χ0) is 15.3. The Kier molecular flexibility index (Phi) is 5.50. The lowest BCUT2D eigenvalue weighted by Crippen LogP contribution is -2.35. The third-order valence-electron chi connectivity index (χ3n) is 3.01. The molecule has 0 saturated carbocycles. The number of aliphatic hydroxyl groups is 1. The molecule has 0 spiro atoms. The van der Waals surface area contributed by atoms with Crippen LogP contribution in [0.15, 0.2) is 0 Å². The van der Waals surface area contributed by atoms with Crippen molar-refractivity contribution < 1.29 is 5.11 Å². The fourth-order valence-electron chi connectivity index (χ4n) is 1.75. The van der Waals surface area contributed by atoms with Crippen molar-refractivity contribution in [2.24, 2.45) is 5.41 Å². The quantitative estimate of drug-likeness (QED) is 0.722. The summed E-state index contributed by atoms with van der Waals surface area (Å²) >= 11 is 0. The van der Waals surface area contributed by atoms with Gasteiger partial charge in [0.25, 0.3) is 0 Å². The molecule has 0 amide bonds. The van der Waals surface area contributed by atoms with Gasteiger partial charge in [0.15, 0.2) is 0 Å². The zero-order valence-corrected chi connectivity index (χ0v) is 13.2. The van der Waals surface area contributed by atoms with E-state index in [9.17, 15) is 5.11 Å². The molecule has 20 heavy (non-hydrogen) atoms. The first kappa shape index (κ1) is 16.4. The Morgan fingerprint density at radius 2 is 1.75 bits per heavy atom. The molecule has 0 aliphatic heterocycles. The van der Waals surface area contributed by atoms with Crippen LogP contribution in [0.3, 0.4) is 0 Å². The SMILES string of the molecule is CNc1nc(NC(CCO)C(C)(C)C)nc(N(C)C)n1. The van der Waals surface area contributed by atoms with Gasteiger partial charge >= 0.3 is 0 Å². The molecule has 1 rings (SSSR count). The van der Waals surface area contributed by atoms with Crippen LogP contribution in [0, 0.1) is 5.41 Å². The van der Waals surface area contributed by atoms with Crippen molar-refractivity contribution in [2.45, 2.75) is 33.2 Å². The molecule has 1 atom stereocenters. The third kappa shape index (κ3) is 4.48. The van der Waals surface area contributed by atoms with E-state index < -0.39 is 0 Å². The highest BCUT2D eigenvalue weighted by Crippen LogP contribution is 2.25. The van der Waals surface area contributed by atoms with Crippen LogP contribution < -0.4 is 15.5 Å². The van der Waals surface area contributed by atoms with Gasteiger partial charge in [-0.1, -0.05) is 20.8 Å². The second-order valence-electron chi connectivity index (χ2n) is 6.00. The van der Waals surface area contributed by atoms with Crippen LogP contribution in [-0.4, -0.2) is 53.9 Å². The van der Waals surface area contributed by atoms with E-state index in [1.54, 1.807) is 7.05 Å². The first-order chi connectivity index (χ1) is 9.27. The monoisotopic (exact) mass is 282 g/mol. The van der Waals surface area contributed by atoms with Crippen LogP contribution in [0.2, 0.25) is 0 Å². The largest absolute Gasteiger partial charge is 0.396 e. The summed E-state index contributed by atoms with van der Waals surface area (Å²) in [5.74, 6) is 1.62. The minimum absolute atomic E-state index is 0.00650. The maximum atomic E-state index is 9.21. The normalized spacial score (nSPS) is 12.9. The molecule has 7 heteroatoms. The van der Waals surface area contributed by atoms with Crippen molar-refractivity contribution in [3.63, 3.8) is 0 Å². The summed E-state index contributed by atoms with van der Waals surface area (Å²) in [6, 6.07) is 0.0784. The Bertz CT molecular complexity index is 429. The van der Waals surface area contributed by atoms with E-state index in [1.807, 2.05) is 19.0 Å². The highest BCUT2D eigenvalue weighted by molar-refractivity contribution is 5.43. The van der Waals surface area contributed by atoms with Crippen LogP contribution in [0.25, 0.3) is 0 Å². The molecule has 0 bridgehead atoms. The zero-order valence-electron chi connectivity index (χ0n) is 13.2. The van der Waals surface area contributed by atoms with E-state index in [0.29, 0.717) is 24.3 Å². The van der Waals surface area contributed by atoms with Crippen molar-refractivity contribution >= 4 is 17.8 Å². The van der Waals surface area contributed by atoms with Gasteiger partial charge in [-0.2, -0.15) is 15.0 Å². The average molecular weight is 282 g/mol. The van der Waals surface area contributed by atoms with Crippen LogP contribution >= 0.6 is 0 Å². The number of anilines is 3. The molecule has 1 aromatic rings. The minimum Gasteiger partial charge on any atom is -0.396 e. The van der Waals surface area contributed by atoms with Crippen molar-refractivity contribution in [3.05, 3.63) is 0 Å². The molecule has 0 aromatic carbocycles. The maximum absolute atomic E-state index is 9.21. The maximum Gasteiger partial charge on any atom is 0.231 e. The predicted octanol–water partition coefficient (Wildman–Crippen LogP) is 1.19. The standard InChI is InChI=1S/C13H26N6O/c1-13(2,3)9(7-8-20)15-11-16-10(14-4)17-12(18-11)19(5)6/h9,20H,7-8H2,1-6H3,(H2,14,15,16,17,18). The minimum atomic E-state index is -0.00650. The van der Waals surface area contributed by atoms with E-state index in [1.165, 1.54) is 0 Å². The fourth-order valence-corrected chi connectivity index (χ4v) is 1.75. The smallest absolute Gasteiger partial charge is 0.231 e. The number of hydrogen-bond donors (Lipinski definition) is 3. The number of hydrogen-bond acceptors (Lipinski definition) is 7. The van der Waals surface area contributed by atoms with Crippen LogP contribution in [0.5, 0.6) is 0 Å². The van der Waals surface area contributed by atoms with E-state index >= 15 is 0 Å². The van der Waals surface area contributed by atoms with Gasteiger partial charge in [-0.3, -0.25) is 0 Å². The number of nitrogens with one attached hydrogen (secondary N) is 2. The number of aromatic nitrogens is 3. The lowest BCUT2D eigenvalue weighted by atomic mass is 9.85.